The van der Waals surface area contributed by atoms with E-state index in [2.05, 4.69) is 0 Å². The van der Waals surface area contributed by atoms with E-state index in [0.717, 1.165) is 17.7 Å². The Kier molecular flexibility index (Phi) is 5.36. The number of nitrogen functional groups attached to an aromatic ring is 1. The molecular formula is C11H17NO2S. The SMILES string of the molecule is COCCCS(=O)Cc1ccc(N)cc1. The summed E-state index contributed by atoms with van der Waals surface area (Å²) in [7, 11) is 0.856. The Balaban J connectivity index is 2.34. The number of hydrogen-bond acceptors (Lipinski definition) is 3. The Bertz CT molecular complexity index is 311. The molecule has 0 saturated carbocycles. The first-order valence-electron chi connectivity index (χ1n) is 4.90. The van der Waals surface area contributed by atoms with Gasteiger partial charge in [0.15, 0.2) is 0 Å². The standard InChI is InChI=1S/C11H17NO2S/c1-14-7-2-8-15(13)9-10-3-5-11(12)6-4-10/h3-6H,2,7-9,12H2,1H3. The second-order valence-corrected chi connectivity index (χ2v) is 4.95. The highest BCUT2D eigenvalue weighted by Crippen LogP contribution is 2.08. The summed E-state index contributed by atoms with van der Waals surface area (Å²) in [6.45, 7) is 0.674. The van der Waals surface area contributed by atoms with Crippen LogP contribution in [0.2, 0.25) is 0 Å². The molecule has 84 valence electrons. The van der Waals surface area contributed by atoms with Gasteiger partial charge in [-0.1, -0.05) is 12.1 Å². The molecule has 1 aromatic carbocycles. The van der Waals surface area contributed by atoms with Crippen LogP contribution in [0, 0.1) is 0 Å². The van der Waals surface area contributed by atoms with Crippen molar-refractivity contribution in [2.24, 2.45) is 0 Å². The Labute approximate surface area is 93.1 Å². The summed E-state index contributed by atoms with van der Waals surface area (Å²) < 4.78 is 16.5. The molecular weight excluding hydrogens is 210 g/mol. The minimum atomic E-state index is -0.800. The van der Waals surface area contributed by atoms with Crippen LogP contribution in [-0.4, -0.2) is 23.7 Å². The summed E-state index contributed by atoms with van der Waals surface area (Å²) in [5.41, 5.74) is 7.37. The highest BCUT2D eigenvalue weighted by Gasteiger charge is 2.01. The molecule has 0 aromatic heterocycles. The first-order valence-corrected chi connectivity index (χ1v) is 6.39. The van der Waals surface area contributed by atoms with Crippen LogP contribution in [0.5, 0.6) is 0 Å². The lowest BCUT2D eigenvalue weighted by atomic mass is 10.2. The van der Waals surface area contributed by atoms with E-state index in [9.17, 15) is 4.21 Å². The molecule has 0 spiro atoms. The van der Waals surface area contributed by atoms with Gasteiger partial charge in [0.2, 0.25) is 0 Å². The third-order valence-electron chi connectivity index (χ3n) is 2.03. The number of nitrogens with two attached hydrogens (primary N) is 1. The lowest BCUT2D eigenvalue weighted by Gasteiger charge is -2.02. The monoisotopic (exact) mass is 227 g/mol. The third-order valence-corrected chi connectivity index (χ3v) is 3.43. The van der Waals surface area contributed by atoms with Crippen LogP contribution in [-0.2, 0) is 21.3 Å². The number of hydrogen-bond donors (Lipinski definition) is 1. The molecule has 2 N–H and O–H groups in total. The van der Waals surface area contributed by atoms with Gasteiger partial charge in [-0.15, -0.1) is 0 Å². The number of ether oxygens (including phenoxy) is 1. The van der Waals surface area contributed by atoms with E-state index in [1.807, 2.05) is 24.3 Å². The molecule has 0 fully saturated rings. The van der Waals surface area contributed by atoms with Crippen molar-refractivity contribution >= 4 is 16.5 Å². The third kappa shape index (κ3) is 4.95. The van der Waals surface area contributed by atoms with E-state index in [1.54, 1.807) is 7.11 Å². The first-order chi connectivity index (χ1) is 7.22. The molecule has 0 radical (unpaired) electrons. The van der Waals surface area contributed by atoms with Crippen LogP contribution in [0.4, 0.5) is 5.69 Å². The predicted octanol–water partition coefficient (Wildman–Crippen LogP) is 1.55. The fourth-order valence-electron chi connectivity index (χ4n) is 1.24. The van der Waals surface area contributed by atoms with Gasteiger partial charge in [0.1, 0.15) is 0 Å². The fourth-order valence-corrected chi connectivity index (χ4v) is 2.38. The van der Waals surface area contributed by atoms with Crippen molar-refractivity contribution in [3.8, 4) is 0 Å². The fraction of sp³-hybridized carbons (Fsp3) is 0.455. The van der Waals surface area contributed by atoms with Crippen LogP contribution >= 0.6 is 0 Å². The molecule has 15 heavy (non-hydrogen) atoms. The van der Waals surface area contributed by atoms with E-state index in [0.29, 0.717) is 18.1 Å². The first kappa shape index (κ1) is 12.2. The zero-order chi connectivity index (χ0) is 11.1. The largest absolute Gasteiger partial charge is 0.399 e. The van der Waals surface area contributed by atoms with Gasteiger partial charge < -0.3 is 10.5 Å². The van der Waals surface area contributed by atoms with Crippen molar-refractivity contribution in [3.05, 3.63) is 29.8 Å². The van der Waals surface area contributed by atoms with Gasteiger partial charge >= 0.3 is 0 Å². The summed E-state index contributed by atoms with van der Waals surface area (Å²) in [6.07, 6.45) is 0.845. The van der Waals surface area contributed by atoms with Crippen molar-refractivity contribution in [3.63, 3.8) is 0 Å². The van der Waals surface area contributed by atoms with Crippen LogP contribution in [0.1, 0.15) is 12.0 Å². The molecule has 0 heterocycles. The molecule has 4 heteroatoms. The van der Waals surface area contributed by atoms with E-state index in [4.69, 9.17) is 10.5 Å². The molecule has 1 aromatic rings. The topological polar surface area (TPSA) is 52.3 Å². The molecule has 0 aliphatic rings. The Morgan fingerprint density at radius 2 is 2.00 bits per heavy atom. The van der Waals surface area contributed by atoms with E-state index in [1.165, 1.54) is 0 Å². The van der Waals surface area contributed by atoms with Crippen molar-refractivity contribution < 1.29 is 8.95 Å². The summed E-state index contributed by atoms with van der Waals surface area (Å²) >= 11 is 0. The van der Waals surface area contributed by atoms with Gasteiger partial charge in [0, 0.05) is 41.7 Å². The van der Waals surface area contributed by atoms with Crippen LogP contribution in [0.3, 0.4) is 0 Å². The second kappa shape index (κ2) is 6.58. The Hall–Kier alpha value is -0.870. The molecule has 3 nitrogen and oxygen atoms in total. The molecule has 0 saturated heterocycles. The summed E-state index contributed by atoms with van der Waals surface area (Å²) in [5.74, 6) is 1.29. The van der Waals surface area contributed by atoms with Gasteiger partial charge in [0.25, 0.3) is 0 Å². The lowest BCUT2D eigenvalue weighted by Crippen LogP contribution is -2.03. The number of methoxy groups -OCH3 is 1. The quantitative estimate of drug-likeness (QED) is 0.592. The molecule has 0 aliphatic heterocycles. The van der Waals surface area contributed by atoms with Crippen LogP contribution in [0.25, 0.3) is 0 Å². The van der Waals surface area contributed by atoms with Gasteiger partial charge in [-0.05, 0) is 24.1 Å². The maximum absolute atomic E-state index is 11.6. The van der Waals surface area contributed by atoms with Gasteiger partial charge in [-0.3, -0.25) is 4.21 Å². The number of anilines is 1. The summed E-state index contributed by atoms with van der Waals surface area (Å²) in [4.78, 5) is 0. The molecule has 1 rings (SSSR count). The van der Waals surface area contributed by atoms with Crippen molar-refractivity contribution in [1.82, 2.24) is 0 Å². The minimum Gasteiger partial charge on any atom is -0.399 e. The maximum Gasteiger partial charge on any atom is 0.0485 e. The zero-order valence-corrected chi connectivity index (χ0v) is 9.76. The van der Waals surface area contributed by atoms with E-state index < -0.39 is 10.8 Å². The predicted molar refractivity (Wildman–Crippen MR) is 64.1 cm³/mol. The number of rotatable bonds is 6. The Morgan fingerprint density at radius 1 is 1.33 bits per heavy atom. The van der Waals surface area contributed by atoms with Crippen molar-refractivity contribution in [2.45, 2.75) is 12.2 Å². The summed E-state index contributed by atoms with van der Waals surface area (Å²) in [5, 5.41) is 0. The van der Waals surface area contributed by atoms with Crippen LogP contribution < -0.4 is 5.73 Å². The summed E-state index contributed by atoms with van der Waals surface area (Å²) in [6, 6.07) is 7.51. The Morgan fingerprint density at radius 3 is 2.60 bits per heavy atom. The van der Waals surface area contributed by atoms with Gasteiger partial charge in [-0.2, -0.15) is 0 Å². The lowest BCUT2D eigenvalue weighted by molar-refractivity contribution is 0.200. The number of benzene rings is 1. The smallest absolute Gasteiger partial charge is 0.0485 e. The average molecular weight is 227 g/mol. The highest BCUT2D eigenvalue weighted by atomic mass is 32.2. The molecule has 0 aliphatic carbocycles. The highest BCUT2D eigenvalue weighted by molar-refractivity contribution is 7.84. The zero-order valence-electron chi connectivity index (χ0n) is 8.94. The van der Waals surface area contributed by atoms with Crippen LogP contribution in [0.15, 0.2) is 24.3 Å². The average Bonchev–Trinajstić information content (AvgIpc) is 2.22. The van der Waals surface area contributed by atoms with Crippen molar-refractivity contribution in [2.75, 3.05) is 25.2 Å². The van der Waals surface area contributed by atoms with Gasteiger partial charge in [0.05, 0.1) is 0 Å². The minimum absolute atomic E-state index is 0.601. The van der Waals surface area contributed by atoms with Gasteiger partial charge in [-0.25, -0.2) is 0 Å². The van der Waals surface area contributed by atoms with E-state index in [-0.39, 0.29) is 0 Å². The maximum atomic E-state index is 11.6. The molecule has 0 bridgehead atoms. The second-order valence-electron chi connectivity index (χ2n) is 3.38. The normalized spacial score (nSPS) is 12.6. The van der Waals surface area contributed by atoms with E-state index >= 15 is 0 Å². The molecule has 0 amide bonds. The molecule has 1 unspecified atom stereocenters. The van der Waals surface area contributed by atoms with Crippen molar-refractivity contribution in [1.29, 1.82) is 0 Å². The molecule has 1 atom stereocenters.